The molecule has 1 aliphatic rings. The van der Waals surface area contributed by atoms with Crippen LogP contribution in [0, 0.1) is 0 Å². The first kappa shape index (κ1) is 13.4. The molecule has 3 N–H and O–H groups in total. The van der Waals surface area contributed by atoms with Crippen molar-refractivity contribution in [3.63, 3.8) is 0 Å². The van der Waals surface area contributed by atoms with Crippen molar-refractivity contribution in [2.75, 3.05) is 18.4 Å². The van der Waals surface area contributed by atoms with Crippen molar-refractivity contribution in [2.45, 2.75) is 25.3 Å². The topological polar surface area (TPSA) is 61.4 Å². The Morgan fingerprint density at radius 1 is 1.56 bits per heavy atom. The minimum Gasteiger partial charge on any atom is -0.481 e. The van der Waals surface area contributed by atoms with E-state index >= 15 is 0 Å². The third kappa shape index (κ3) is 2.84. The van der Waals surface area contributed by atoms with Gasteiger partial charge in [-0.2, -0.15) is 0 Å². The van der Waals surface area contributed by atoms with Crippen LogP contribution >= 0.6 is 15.9 Å². The van der Waals surface area contributed by atoms with Gasteiger partial charge < -0.3 is 15.7 Å². The molecular weight excluding hydrogens is 296 g/mol. The molecule has 1 saturated heterocycles. The summed E-state index contributed by atoms with van der Waals surface area (Å²) in [6.07, 6.45) is 1.05. The summed E-state index contributed by atoms with van der Waals surface area (Å²) in [5, 5.41) is 15.5. The Bertz CT molecular complexity index is 458. The smallest absolute Gasteiger partial charge is 0.305 e. The Hall–Kier alpha value is -1.07. The Labute approximate surface area is 115 Å². The molecule has 4 nitrogen and oxygen atoms in total. The molecule has 2 rings (SSSR count). The highest BCUT2D eigenvalue weighted by atomic mass is 79.9. The van der Waals surface area contributed by atoms with E-state index in [0.717, 1.165) is 16.6 Å². The number of hydrogen-bond donors (Lipinski definition) is 3. The molecule has 1 aromatic rings. The summed E-state index contributed by atoms with van der Waals surface area (Å²) < 4.78 is 1.05. The van der Waals surface area contributed by atoms with Gasteiger partial charge in [0.15, 0.2) is 0 Å². The summed E-state index contributed by atoms with van der Waals surface area (Å²) in [7, 11) is 0. The first-order valence-corrected chi connectivity index (χ1v) is 6.83. The molecule has 1 fully saturated rings. The quantitative estimate of drug-likeness (QED) is 0.780. The van der Waals surface area contributed by atoms with Crippen molar-refractivity contribution in [1.29, 1.82) is 0 Å². The zero-order valence-corrected chi connectivity index (χ0v) is 11.9. The van der Waals surface area contributed by atoms with Crippen molar-refractivity contribution in [2.24, 2.45) is 0 Å². The minimum absolute atomic E-state index is 0.138. The summed E-state index contributed by atoms with van der Waals surface area (Å²) in [5.74, 6) is -0.765. The SMILES string of the molecule is CCc1cc(Br)ccc1NC1(CC(=O)O)CNC1. The molecule has 98 valence electrons. The summed E-state index contributed by atoms with van der Waals surface area (Å²) in [4.78, 5) is 10.9. The van der Waals surface area contributed by atoms with Gasteiger partial charge in [0.1, 0.15) is 0 Å². The van der Waals surface area contributed by atoms with Crippen molar-refractivity contribution in [3.8, 4) is 0 Å². The lowest BCUT2D eigenvalue weighted by atomic mass is 9.87. The maximum Gasteiger partial charge on any atom is 0.305 e. The molecule has 0 aromatic heterocycles. The third-order valence-electron chi connectivity index (χ3n) is 3.26. The van der Waals surface area contributed by atoms with Gasteiger partial charge in [-0.05, 0) is 30.2 Å². The van der Waals surface area contributed by atoms with Crippen molar-refractivity contribution in [1.82, 2.24) is 5.32 Å². The van der Waals surface area contributed by atoms with Crippen LogP contribution < -0.4 is 10.6 Å². The second kappa shape index (κ2) is 5.28. The number of carbonyl (C=O) groups is 1. The monoisotopic (exact) mass is 312 g/mol. The van der Waals surface area contributed by atoms with Gasteiger partial charge in [0.25, 0.3) is 0 Å². The van der Waals surface area contributed by atoms with Crippen LogP contribution in [0.25, 0.3) is 0 Å². The fourth-order valence-electron chi connectivity index (χ4n) is 2.24. The van der Waals surface area contributed by atoms with E-state index < -0.39 is 5.97 Å². The molecule has 0 spiro atoms. The molecule has 0 amide bonds. The number of hydrogen-bond acceptors (Lipinski definition) is 3. The number of benzene rings is 1. The molecule has 0 atom stereocenters. The number of carboxylic acid groups (broad SMARTS) is 1. The van der Waals surface area contributed by atoms with Crippen LogP contribution in [-0.4, -0.2) is 29.7 Å². The van der Waals surface area contributed by atoms with Gasteiger partial charge in [0.05, 0.1) is 12.0 Å². The maximum absolute atomic E-state index is 10.9. The number of halogens is 1. The van der Waals surface area contributed by atoms with Gasteiger partial charge in [-0.25, -0.2) is 0 Å². The van der Waals surface area contributed by atoms with Gasteiger partial charge in [0, 0.05) is 23.2 Å². The molecule has 0 bridgehead atoms. The molecule has 1 aliphatic heterocycles. The molecule has 0 saturated carbocycles. The lowest BCUT2D eigenvalue weighted by molar-refractivity contribution is -0.138. The Balaban J connectivity index is 2.19. The van der Waals surface area contributed by atoms with E-state index in [9.17, 15) is 4.79 Å². The van der Waals surface area contributed by atoms with Crippen LogP contribution in [0.1, 0.15) is 18.9 Å². The van der Waals surface area contributed by atoms with Crippen LogP contribution in [-0.2, 0) is 11.2 Å². The van der Waals surface area contributed by atoms with Gasteiger partial charge in [0.2, 0.25) is 0 Å². The Morgan fingerprint density at radius 2 is 2.28 bits per heavy atom. The molecule has 1 heterocycles. The van der Waals surface area contributed by atoms with E-state index in [1.807, 2.05) is 12.1 Å². The summed E-state index contributed by atoms with van der Waals surface area (Å²) in [6, 6.07) is 6.05. The largest absolute Gasteiger partial charge is 0.481 e. The zero-order valence-electron chi connectivity index (χ0n) is 10.3. The average molecular weight is 313 g/mol. The zero-order chi connectivity index (χ0) is 13.2. The fourth-order valence-corrected chi connectivity index (χ4v) is 2.64. The van der Waals surface area contributed by atoms with Gasteiger partial charge in [-0.15, -0.1) is 0 Å². The Morgan fingerprint density at radius 3 is 2.78 bits per heavy atom. The molecule has 1 aromatic carbocycles. The minimum atomic E-state index is -0.765. The lowest BCUT2D eigenvalue weighted by Gasteiger charge is -2.43. The van der Waals surface area contributed by atoms with Crippen LogP contribution in [0.3, 0.4) is 0 Å². The predicted octanol–water partition coefficient (Wildman–Crippen LogP) is 2.24. The highest BCUT2D eigenvalue weighted by molar-refractivity contribution is 9.10. The highest BCUT2D eigenvalue weighted by Gasteiger charge is 2.39. The van der Waals surface area contributed by atoms with Crippen LogP contribution in [0.4, 0.5) is 5.69 Å². The lowest BCUT2D eigenvalue weighted by Crippen LogP contribution is -2.65. The van der Waals surface area contributed by atoms with Crippen LogP contribution in [0.2, 0.25) is 0 Å². The molecule has 0 unspecified atom stereocenters. The van der Waals surface area contributed by atoms with E-state index in [1.54, 1.807) is 0 Å². The normalized spacial score (nSPS) is 17.0. The number of aryl methyl sites for hydroxylation is 1. The second-order valence-electron chi connectivity index (χ2n) is 4.73. The number of aliphatic carboxylic acids is 1. The van der Waals surface area contributed by atoms with Gasteiger partial charge in [-0.3, -0.25) is 4.79 Å². The van der Waals surface area contributed by atoms with Crippen molar-refractivity contribution < 1.29 is 9.90 Å². The molecular formula is C13H17BrN2O2. The third-order valence-corrected chi connectivity index (χ3v) is 3.76. The second-order valence-corrected chi connectivity index (χ2v) is 5.65. The maximum atomic E-state index is 10.9. The van der Waals surface area contributed by atoms with Crippen molar-refractivity contribution in [3.05, 3.63) is 28.2 Å². The number of carboxylic acids is 1. The standard InChI is InChI=1S/C13H17BrN2O2/c1-2-9-5-10(14)3-4-11(9)16-13(6-12(17)18)7-15-8-13/h3-5,15-16H,2,6-8H2,1H3,(H,17,18). The Kier molecular flexibility index (Phi) is 3.92. The van der Waals surface area contributed by atoms with E-state index in [0.29, 0.717) is 13.1 Å². The number of anilines is 1. The van der Waals surface area contributed by atoms with Crippen LogP contribution in [0.15, 0.2) is 22.7 Å². The number of nitrogens with one attached hydrogen (secondary N) is 2. The van der Waals surface area contributed by atoms with Gasteiger partial charge >= 0.3 is 5.97 Å². The first-order chi connectivity index (χ1) is 8.54. The molecule has 18 heavy (non-hydrogen) atoms. The van der Waals surface area contributed by atoms with E-state index in [1.165, 1.54) is 5.56 Å². The molecule has 5 heteroatoms. The van der Waals surface area contributed by atoms with E-state index in [2.05, 4.69) is 39.6 Å². The highest BCUT2D eigenvalue weighted by Crippen LogP contribution is 2.28. The molecule has 0 aliphatic carbocycles. The van der Waals surface area contributed by atoms with Gasteiger partial charge in [-0.1, -0.05) is 22.9 Å². The fraction of sp³-hybridized carbons (Fsp3) is 0.462. The first-order valence-electron chi connectivity index (χ1n) is 6.04. The number of rotatable bonds is 5. The van der Waals surface area contributed by atoms with E-state index in [4.69, 9.17) is 5.11 Å². The summed E-state index contributed by atoms with van der Waals surface area (Å²) >= 11 is 3.45. The average Bonchev–Trinajstić information content (AvgIpc) is 2.27. The van der Waals surface area contributed by atoms with E-state index in [-0.39, 0.29) is 12.0 Å². The summed E-state index contributed by atoms with van der Waals surface area (Å²) in [6.45, 7) is 3.48. The van der Waals surface area contributed by atoms with Crippen molar-refractivity contribution >= 4 is 27.6 Å². The summed E-state index contributed by atoms with van der Waals surface area (Å²) in [5.41, 5.74) is 1.88. The predicted molar refractivity (Wildman–Crippen MR) is 75.0 cm³/mol. The van der Waals surface area contributed by atoms with Crippen LogP contribution in [0.5, 0.6) is 0 Å². The molecule has 0 radical (unpaired) electrons.